The smallest absolute Gasteiger partial charge is 0.164 e. The fraction of sp³-hybridized carbons (Fsp3) is 0. The van der Waals surface area contributed by atoms with Gasteiger partial charge in [0, 0.05) is 16.8 Å². The minimum Gasteiger partial charge on any atom is -0.411 e. The molecule has 0 heterocycles. The summed E-state index contributed by atoms with van der Waals surface area (Å²) < 4.78 is 0. The van der Waals surface area contributed by atoms with Crippen LogP contribution in [0.3, 0.4) is 0 Å². The van der Waals surface area contributed by atoms with Crippen LogP contribution in [0.15, 0.2) is 5.16 Å². The summed E-state index contributed by atoms with van der Waals surface area (Å²) in [6.45, 7) is 0. The minimum absolute atomic E-state index is 0. The molecule has 0 atom stereocenters. The van der Waals surface area contributed by atoms with E-state index < -0.39 is 0 Å². The van der Waals surface area contributed by atoms with Gasteiger partial charge in [-0.3, -0.25) is 4.79 Å². The molecule has 0 bridgehead atoms. The van der Waals surface area contributed by atoms with Crippen molar-refractivity contribution in [1.29, 1.82) is 0 Å². The van der Waals surface area contributed by atoms with Crippen molar-refractivity contribution in [2.75, 3.05) is 0 Å². The summed E-state index contributed by atoms with van der Waals surface area (Å²) in [4.78, 5) is 9.10. The van der Waals surface area contributed by atoms with Gasteiger partial charge in [0.2, 0.25) is 0 Å². The van der Waals surface area contributed by atoms with E-state index in [2.05, 4.69) is 5.16 Å². The second-order valence-electron chi connectivity index (χ2n) is 0.401. The molecule has 3 nitrogen and oxygen atoms in total. The second kappa shape index (κ2) is 8.82. The summed E-state index contributed by atoms with van der Waals surface area (Å²) >= 11 is 0. The van der Waals surface area contributed by atoms with Crippen molar-refractivity contribution in [1.82, 2.24) is 0 Å². The predicted octanol–water partition coefficient (Wildman–Crippen LogP) is -0.357. The molecule has 0 aliphatic rings. The van der Waals surface area contributed by atoms with Gasteiger partial charge in [-0.05, 0) is 0 Å². The van der Waals surface area contributed by atoms with Crippen molar-refractivity contribution in [3.63, 3.8) is 0 Å². The zero-order chi connectivity index (χ0) is 4.12. The van der Waals surface area contributed by atoms with Crippen LogP contribution >= 0.6 is 0 Å². The van der Waals surface area contributed by atoms with Crippen molar-refractivity contribution in [2.45, 2.75) is 0 Å². The molecular formula is C2H3CoNO2. The fourth-order valence-corrected chi connectivity index (χ4v) is 0.0272. The summed E-state index contributed by atoms with van der Waals surface area (Å²) in [6, 6.07) is 0. The molecule has 0 aliphatic carbocycles. The van der Waals surface area contributed by atoms with Crippen LogP contribution in [-0.2, 0) is 21.6 Å². The summed E-state index contributed by atoms with van der Waals surface area (Å²) in [6.07, 6.45) is 1.14. The number of carbonyl (C=O) groups is 1. The molecular weight excluding hydrogens is 129 g/mol. The number of rotatable bonds is 1. The predicted molar refractivity (Wildman–Crippen MR) is 16.3 cm³/mol. The minimum atomic E-state index is 0. The normalized spacial score (nSPS) is 7.33. The van der Waals surface area contributed by atoms with E-state index in [1.807, 2.05) is 0 Å². The van der Waals surface area contributed by atoms with E-state index in [4.69, 9.17) is 10.0 Å². The average Bonchev–Trinajstić information content (AvgIpc) is 1.41. The van der Waals surface area contributed by atoms with Gasteiger partial charge in [0.05, 0.1) is 0 Å². The van der Waals surface area contributed by atoms with Gasteiger partial charge in [0.1, 0.15) is 6.21 Å². The maximum atomic E-state index is 9.10. The van der Waals surface area contributed by atoms with Crippen LogP contribution in [0, 0.1) is 0 Å². The first-order valence-corrected chi connectivity index (χ1v) is 1.03. The Morgan fingerprint density at radius 1 is 1.67 bits per heavy atom. The molecule has 0 aromatic rings. The number of hydrogen-bond acceptors (Lipinski definition) is 3. The molecule has 1 N–H and O–H groups in total. The molecule has 6 heavy (non-hydrogen) atoms. The van der Waals surface area contributed by atoms with Crippen LogP contribution in [0.2, 0.25) is 0 Å². The van der Waals surface area contributed by atoms with Crippen LogP contribution in [0.4, 0.5) is 0 Å². The van der Waals surface area contributed by atoms with Crippen molar-refractivity contribution >= 4 is 12.5 Å². The molecule has 0 aliphatic heterocycles. The molecule has 0 aromatic heterocycles. The Hall–Kier alpha value is -0.354. The number of carbonyl (C=O) groups excluding carboxylic acids is 1. The van der Waals surface area contributed by atoms with Crippen LogP contribution in [0.1, 0.15) is 0 Å². The Morgan fingerprint density at radius 3 is 2.17 bits per heavy atom. The number of hydrogen-bond donors (Lipinski definition) is 1. The topological polar surface area (TPSA) is 49.7 Å². The third kappa shape index (κ3) is 9.42. The van der Waals surface area contributed by atoms with Gasteiger partial charge in [-0.15, -0.1) is 0 Å². The van der Waals surface area contributed by atoms with Gasteiger partial charge < -0.3 is 5.21 Å². The van der Waals surface area contributed by atoms with E-state index in [0.29, 0.717) is 6.29 Å². The molecule has 0 unspecified atom stereocenters. The first-order chi connectivity index (χ1) is 2.41. The first kappa shape index (κ1) is 9.17. The molecule has 0 saturated heterocycles. The van der Waals surface area contributed by atoms with E-state index in [0.717, 1.165) is 6.21 Å². The van der Waals surface area contributed by atoms with Crippen molar-refractivity contribution in [2.24, 2.45) is 5.16 Å². The maximum absolute atomic E-state index is 9.10. The average molecular weight is 132 g/mol. The summed E-state index contributed by atoms with van der Waals surface area (Å²) in [7, 11) is 0. The van der Waals surface area contributed by atoms with Crippen molar-refractivity contribution < 1.29 is 26.8 Å². The SMILES string of the molecule is O=CC=NO.[Co]. The molecule has 0 spiro atoms. The van der Waals surface area contributed by atoms with E-state index in [9.17, 15) is 0 Å². The molecule has 0 amide bonds. The summed E-state index contributed by atoms with van der Waals surface area (Å²) in [5, 5.41) is 9.77. The second-order valence-corrected chi connectivity index (χ2v) is 0.401. The zero-order valence-electron chi connectivity index (χ0n) is 2.79. The maximum Gasteiger partial charge on any atom is 0.164 e. The number of nitrogens with zero attached hydrogens (tertiary/aromatic N) is 1. The van der Waals surface area contributed by atoms with Gasteiger partial charge in [-0.2, -0.15) is 0 Å². The molecule has 1 radical (unpaired) electrons. The molecule has 0 rings (SSSR count). The quantitative estimate of drug-likeness (QED) is 0.229. The first-order valence-electron chi connectivity index (χ1n) is 1.03. The van der Waals surface area contributed by atoms with Crippen molar-refractivity contribution in [3.05, 3.63) is 0 Å². The van der Waals surface area contributed by atoms with Gasteiger partial charge in [-0.1, -0.05) is 5.16 Å². The van der Waals surface area contributed by atoms with Crippen LogP contribution in [-0.4, -0.2) is 17.7 Å². The van der Waals surface area contributed by atoms with Crippen LogP contribution < -0.4 is 0 Å². The van der Waals surface area contributed by atoms with Crippen LogP contribution in [0.5, 0.6) is 0 Å². The molecule has 37 valence electrons. The van der Waals surface area contributed by atoms with Gasteiger partial charge in [-0.25, -0.2) is 0 Å². The van der Waals surface area contributed by atoms with E-state index in [-0.39, 0.29) is 16.8 Å². The fourth-order valence-electron chi connectivity index (χ4n) is 0.0272. The molecule has 0 fully saturated rings. The van der Waals surface area contributed by atoms with Gasteiger partial charge in [0.25, 0.3) is 0 Å². The van der Waals surface area contributed by atoms with E-state index >= 15 is 0 Å². The third-order valence-electron chi connectivity index (χ3n) is 0.128. The largest absolute Gasteiger partial charge is 0.411 e. The Kier molecular flexibility index (Phi) is 13.5. The summed E-state index contributed by atoms with van der Waals surface area (Å²) in [5.41, 5.74) is 0. The monoisotopic (exact) mass is 132 g/mol. The number of oxime groups is 1. The Bertz CT molecular complexity index is 53.5. The van der Waals surface area contributed by atoms with Gasteiger partial charge in [0.15, 0.2) is 6.29 Å². The van der Waals surface area contributed by atoms with Crippen LogP contribution in [0.25, 0.3) is 0 Å². The van der Waals surface area contributed by atoms with Crippen molar-refractivity contribution in [3.8, 4) is 0 Å². The number of aldehydes is 1. The standard InChI is InChI=1S/C2H3NO2.Co/c4-2-1-3-5;/h1-2,5H;. The van der Waals surface area contributed by atoms with Gasteiger partial charge >= 0.3 is 0 Å². The Morgan fingerprint density at radius 2 is 2.17 bits per heavy atom. The van der Waals surface area contributed by atoms with E-state index in [1.54, 1.807) is 0 Å². The zero-order valence-corrected chi connectivity index (χ0v) is 3.83. The molecule has 4 heteroatoms. The third-order valence-corrected chi connectivity index (χ3v) is 0.128. The molecule has 0 aromatic carbocycles. The van der Waals surface area contributed by atoms with E-state index in [1.165, 1.54) is 0 Å². The Balaban J connectivity index is 0. The summed E-state index contributed by atoms with van der Waals surface area (Å²) in [5.74, 6) is 0. The Labute approximate surface area is 45.2 Å². The molecule has 0 saturated carbocycles.